The van der Waals surface area contributed by atoms with Crippen LogP contribution in [0.4, 0.5) is 11.6 Å². The molecule has 3 nitrogen and oxygen atoms in total. The highest BCUT2D eigenvalue weighted by atomic mass is 16.3. The summed E-state index contributed by atoms with van der Waals surface area (Å²) in [4.78, 5) is 8.84. The van der Waals surface area contributed by atoms with Gasteiger partial charge >= 0.3 is 0 Å². The molecule has 2 aromatic rings. The summed E-state index contributed by atoms with van der Waals surface area (Å²) in [6.07, 6.45) is 3.77. The fourth-order valence-corrected chi connectivity index (χ4v) is 1.72. The van der Waals surface area contributed by atoms with E-state index in [-0.39, 0.29) is 5.41 Å². The third-order valence-electron chi connectivity index (χ3n) is 2.59. The number of para-hydroxylation sites is 1. The van der Waals surface area contributed by atoms with Crippen molar-refractivity contribution < 1.29 is 4.42 Å². The van der Waals surface area contributed by atoms with Gasteiger partial charge in [0.25, 0.3) is 0 Å². The Hall–Kier alpha value is -1.90. The van der Waals surface area contributed by atoms with Crippen molar-refractivity contribution in [3.05, 3.63) is 24.3 Å². The predicted octanol–water partition coefficient (Wildman–Crippen LogP) is 3.88. The molecule has 0 aliphatic carbocycles. The second-order valence-electron chi connectivity index (χ2n) is 4.59. The van der Waals surface area contributed by atoms with Crippen molar-refractivity contribution in [3.8, 4) is 0 Å². The topological polar surface area (TPSA) is 37.9 Å². The van der Waals surface area contributed by atoms with E-state index < -0.39 is 0 Å². The summed E-state index contributed by atoms with van der Waals surface area (Å²) in [6, 6.07) is 7.86. The number of furan rings is 1. The summed E-state index contributed by atoms with van der Waals surface area (Å²) in [5.41, 5.74) is 1.54. The molecule has 0 radical (unpaired) electrons. The van der Waals surface area contributed by atoms with E-state index in [2.05, 4.69) is 23.8 Å². The first kappa shape index (κ1) is 9.33. The first-order chi connectivity index (χ1) is 7.66. The third-order valence-corrected chi connectivity index (χ3v) is 2.59. The standard InChI is InChI=1S/C13H12N2O/c1-13(2)7-14-11-9-5-3-4-6-10(9)16-12(11)15-8-13/h3-8H,1-2H3. The van der Waals surface area contributed by atoms with Gasteiger partial charge in [-0.1, -0.05) is 12.1 Å². The smallest absolute Gasteiger partial charge is 0.245 e. The largest absolute Gasteiger partial charge is 0.436 e. The minimum Gasteiger partial charge on any atom is -0.436 e. The van der Waals surface area contributed by atoms with Crippen LogP contribution in [0.5, 0.6) is 0 Å². The van der Waals surface area contributed by atoms with Gasteiger partial charge in [-0.3, -0.25) is 4.99 Å². The Balaban J connectivity index is 2.30. The Morgan fingerprint density at radius 1 is 1.06 bits per heavy atom. The Kier molecular flexibility index (Phi) is 1.78. The SMILES string of the molecule is CC1(C)C=Nc2oc3ccccc3c2N=C1. The number of aliphatic imine (C=N–C) groups is 2. The Bertz CT molecular complexity index is 605. The molecule has 1 aliphatic rings. The van der Waals surface area contributed by atoms with E-state index in [0.29, 0.717) is 5.88 Å². The molecule has 0 unspecified atom stereocenters. The molecule has 0 amide bonds. The van der Waals surface area contributed by atoms with Crippen molar-refractivity contribution >= 4 is 35.0 Å². The zero-order chi connectivity index (χ0) is 11.2. The highest BCUT2D eigenvalue weighted by Crippen LogP contribution is 2.40. The van der Waals surface area contributed by atoms with Crippen molar-refractivity contribution in [3.63, 3.8) is 0 Å². The summed E-state index contributed by atoms with van der Waals surface area (Å²) < 4.78 is 5.65. The molecule has 1 aromatic heterocycles. The van der Waals surface area contributed by atoms with Gasteiger partial charge in [-0.25, -0.2) is 4.99 Å². The molecule has 0 N–H and O–H groups in total. The minimum atomic E-state index is -0.122. The van der Waals surface area contributed by atoms with E-state index in [0.717, 1.165) is 16.7 Å². The van der Waals surface area contributed by atoms with E-state index in [1.54, 1.807) is 0 Å². The summed E-state index contributed by atoms with van der Waals surface area (Å²) in [6.45, 7) is 4.13. The van der Waals surface area contributed by atoms with Crippen LogP contribution in [0.1, 0.15) is 13.8 Å². The van der Waals surface area contributed by atoms with E-state index >= 15 is 0 Å². The lowest BCUT2D eigenvalue weighted by molar-refractivity contribution is 0.625. The number of nitrogens with zero attached hydrogens (tertiary/aromatic N) is 2. The average Bonchev–Trinajstić information content (AvgIpc) is 2.54. The van der Waals surface area contributed by atoms with E-state index in [1.807, 2.05) is 36.7 Å². The maximum atomic E-state index is 5.65. The molecular weight excluding hydrogens is 200 g/mol. The average molecular weight is 212 g/mol. The number of hydrogen-bond acceptors (Lipinski definition) is 3. The van der Waals surface area contributed by atoms with Gasteiger partial charge in [0.05, 0.1) is 0 Å². The summed E-state index contributed by atoms with van der Waals surface area (Å²) in [5, 5.41) is 1.02. The van der Waals surface area contributed by atoms with E-state index in [4.69, 9.17) is 4.42 Å². The molecule has 0 saturated heterocycles. The summed E-state index contributed by atoms with van der Waals surface area (Å²) in [7, 11) is 0. The van der Waals surface area contributed by atoms with Crippen LogP contribution >= 0.6 is 0 Å². The molecule has 3 heteroatoms. The summed E-state index contributed by atoms with van der Waals surface area (Å²) >= 11 is 0. The molecule has 0 spiro atoms. The van der Waals surface area contributed by atoms with Crippen LogP contribution in [-0.2, 0) is 0 Å². The molecule has 0 fully saturated rings. The molecular formula is C13H12N2O. The lowest BCUT2D eigenvalue weighted by Crippen LogP contribution is -2.13. The van der Waals surface area contributed by atoms with Crippen LogP contribution in [0.2, 0.25) is 0 Å². The molecule has 3 rings (SSSR count). The van der Waals surface area contributed by atoms with Gasteiger partial charge in [0.15, 0.2) is 0 Å². The van der Waals surface area contributed by atoms with Gasteiger partial charge in [0.1, 0.15) is 11.3 Å². The van der Waals surface area contributed by atoms with Crippen LogP contribution in [-0.4, -0.2) is 12.4 Å². The summed E-state index contributed by atoms with van der Waals surface area (Å²) in [5.74, 6) is 0.600. The molecule has 80 valence electrons. The van der Waals surface area contributed by atoms with E-state index in [9.17, 15) is 0 Å². The Morgan fingerprint density at radius 3 is 2.69 bits per heavy atom. The van der Waals surface area contributed by atoms with Crippen LogP contribution in [0.3, 0.4) is 0 Å². The fraction of sp³-hybridized carbons (Fsp3) is 0.231. The molecule has 0 atom stereocenters. The minimum absolute atomic E-state index is 0.122. The number of rotatable bonds is 0. The number of hydrogen-bond donors (Lipinski definition) is 0. The van der Waals surface area contributed by atoms with Crippen molar-refractivity contribution in [1.29, 1.82) is 0 Å². The highest BCUT2D eigenvalue weighted by molar-refractivity contribution is 6.01. The fourth-order valence-electron chi connectivity index (χ4n) is 1.72. The Morgan fingerprint density at radius 2 is 1.81 bits per heavy atom. The number of benzene rings is 1. The molecule has 2 heterocycles. The van der Waals surface area contributed by atoms with Crippen molar-refractivity contribution in [2.45, 2.75) is 13.8 Å². The second kappa shape index (κ2) is 3.04. The molecule has 0 bridgehead atoms. The van der Waals surface area contributed by atoms with Crippen molar-refractivity contribution in [2.75, 3.05) is 0 Å². The van der Waals surface area contributed by atoms with Crippen LogP contribution in [0.15, 0.2) is 38.7 Å². The van der Waals surface area contributed by atoms with Gasteiger partial charge in [0.2, 0.25) is 5.88 Å². The highest BCUT2D eigenvalue weighted by Gasteiger charge is 2.19. The molecule has 16 heavy (non-hydrogen) atoms. The van der Waals surface area contributed by atoms with Crippen LogP contribution in [0, 0.1) is 5.41 Å². The van der Waals surface area contributed by atoms with Gasteiger partial charge in [-0.2, -0.15) is 0 Å². The molecule has 0 saturated carbocycles. The van der Waals surface area contributed by atoms with Crippen LogP contribution in [0.25, 0.3) is 11.0 Å². The van der Waals surface area contributed by atoms with Crippen molar-refractivity contribution in [1.82, 2.24) is 0 Å². The lowest BCUT2D eigenvalue weighted by atomic mass is 9.98. The quantitative estimate of drug-likeness (QED) is 0.653. The maximum absolute atomic E-state index is 5.65. The van der Waals surface area contributed by atoms with Gasteiger partial charge in [-0.05, 0) is 26.0 Å². The second-order valence-corrected chi connectivity index (χ2v) is 4.59. The van der Waals surface area contributed by atoms with Gasteiger partial charge in [-0.15, -0.1) is 0 Å². The Labute approximate surface area is 93.5 Å². The normalized spacial score (nSPS) is 17.4. The molecule has 1 aromatic carbocycles. The van der Waals surface area contributed by atoms with Gasteiger partial charge in [0, 0.05) is 23.2 Å². The zero-order valence-corrected chi connectivity index (χ0v) is 9.27. The predicted molar refractivity (Wildman–Crippen MR) is 66.3 cm³/mol. The molecule has 1 aliphatic heterocycles. The first-order valence-electron chi connectivity index (χ1n) is 5.28. The lowest BCUT2D eigenvalue weighted by Gasteiger charge is -2.09. The zero-order valence-electron chi connectivity index (χ0n) is 9.27. The monoisotopic (exact) mass is 212 g/mol. The maximum Gasteiger partial charge on any atom is 0.245 e. The third kappa shape index (κ3) is 1.36. The number of fused-ring (bicyclic) bond motifs is 3. The van der Waals surface area contributed by atoms with Gasteiger partial charge < -0.3 is 4.42 Å². The first-order valence-corrected chi connectivity index (χ1v) is 5.28. The van der Waals surface area contributed by atoms with E-state index in [1.165, 1.54) is 0 Å². The van der Waals surface area contributed by atoms with Crippen molar-refractivity contribution in [2.24, 2.45) is 15.4 Å². The van der Waals surface area contributed by atoms with Crippen LogP contribution < -0.4 is 0 Å².